The topological polar surface area (TPSA) is 80.0 Å². The molecule has 26 heavy (non-hydrogen) atoms. The quantitative estimate of drug-likeness (QED) is 0.699. The molecule has 1 atom stereocenters. The molecule has 4 rings (SSSR count). The third-order valence-corrected chi connectivity index (χ3v) is 4.54. The van der Waals surface area contributed by atoms with Gasteiger partial charge in [-0.3, -0.25) is 4.79 Å². The number of tetrazole rings is 1. The van der Waals surface area contributed by atoms with Gasteiger partial charge in [0.05, 0.1) is 0 Å². The minimum Gasteiger partial charge on any atom is -0.353 e. The molecule has 0 saturated carbocycles. The Morgan fingerprint density at radius 1 is 0.962 bits per heavy atom. The van der Waals surface area contributed by atoms with Crippen LogP contribution in [0, 0.1) is 0 Å². The second kappa shape index (κ2) is 7.30. The van der Waals surface area contributed by atoms with Crippen LogP contribution in [0.4, 0.5) is 5.82 Å². The van der Waals surface area contributed by atoms with E-state index in [1.54, 1.807) is 6.20 Å². The zero-order valence-corrected chi connectivity index (χ0v) is 14.2. The predicted molar refractivity (Wildman–Crippen MR) is 95.4 cm³/mol. The summed E-state index contributed by atoms with van der Waals surface area (Å²) in [6.07, 6.45) is 3.27. The first kappa shape index (κ1) is 16.2. The van der Waals surface area contributed by atoms with Gasteiger partial charge in [0, 0.05) is 32.4 Å². The summed E-state index contributed by atoms with van der Waals surface area (Å²) >= 11 is 0. The number of nitrogens with zero attached hydrogens (tertiary/aromatic N) is 7. The van der Waals surface area contributed by atoms with E-state index in [2.05, 4.69) is 25.4 Å². The normalized spacial score (nSPS) is 15.7. The fourth-order valence-electron chi connectivity index (χ4n) is 3.20. The van der Waals surface area contributed by atoms with Crippen molar-refractivity contribution < 1.29 is 4.79 Å². The Hall–Kier alpha value is -3.29. The van der Waals surface area contributed by atoms with Crippen molar-refractivity contribution in [3.8, 4) is 0 Å². The predicted octanol–water partition coefficient (Wildman–Crippen LogP) is 1.01. The molecule has 1 aliphatic rings. The number of pyridine rings is 1. The Labute approximate surface area is 151 Å². The molecule has 0 radical (unpaired) electrons. The smallest absolute Gasteiger partial charge is 0.252 e. The average Bonchev–Trinajstić information content (AvgIpc) is 3.24. The summed E-state index contributed by atoms with van der Waals surface area (Å²) in [5, 5.41) is 11.3. The third kappa shape index (κ3) is 3.26. The minimum absolute atomic E-state index is 0.00386. The van der Waals surface area contributed by atoms with Crippen LogP contribution in [0.5, 0.6) is 0 Å². The summed E-state index contributed by atoms with van der Waals surface area (Å²) in [4.78, 5) is 21.7. The Bertz CT molecular complexity index is 831. The van der Waals surface area contributed by atoms with Gasteiger partial charge in [0.1, 0.15) is 12.1 Å². The molecular formula is C18H19N7O. The molecule has 8 heteroatoms. The highest BCUT2D eigenvalue weighted by Gasteiger charge is 2.31. The summed E-state index contributed by atoms with van der Waals surface area (Å²) in [5.41, 5.74) is 0.872. The highest BCUT2D eigenvalue weighted by Crippen LogP contribution is 2.21. The maximum atomic E-state index is 13.2. The van der Waals surface area contributed by atoms with Crippen LogP contribution >= 0.6 is 0 Å². The standard InChI is InChI=1S/C18H19N7O/c26-18(17(25-14-20-21-22-25)15-6-2-1-3-7-15)24-12-10-23(11-13-24)16-8-4-5-9-19-16/h1-9,14,17H,10-13H2. The number of rotatable bonds is 4. The summed E-state index contributed by atoms with van der Waals surface area (Å²) < 4.78 is 1.52. The molecule has 8 nitrogen and oxygen atoms in total. The van der Waals surface area contributed by atoms with E-state index in [1.807, 2.05) is 53.4 Å². The highest BCUT2D eigenvalue weighted by atomic mass is 16.2. The number of benzene rings is 1. The monoisotopic (exact) mass is 349 g/mol. The van der Waals surface area contributed by atoms with Crippen LogP contribution in [0.3, 0.4) is 0 Å². The summed E-state index contributed by atoms with van der Waals surface area (Å²) in [5.74, 6) is 0.948. The Kier molecular flexibility index (Phi) is 4.55. The number of amides is 1. The molecule has 1 aromatic carbocycles. The van der Waals surface area contributed by atoms with Gasteiger partial charge < -0.3 is 9.80 Å². The molecule has 1 unspecified atom stereocenters. The zero-order chi connectivity index (χ0) is 17.8. The first-order valence-electron chi connectivity index (χ1n) is 8.55. The SMILES string of the molecule is O=C(C(c1ccccc1)n1cnnn1)N1CCN(c2ccccn2)CC1. The number of aromatic nitrogens is 5. The maximum Gasteiger partial charge on any atom is 0.252 e. The van der Waals surface area contributed by atoms with Crippen molar-refractivity contribution in [2.24, 2.45) is 0 Å². The number of anilines is 1. The second-order valence-corrected chi connectivity index (χ2v) is 6.10. The third-order valence-electron chi connectivity index (χ3n) is 4.54. The van der Waals surface area contributed by atoms with Crippen LogP contribution in [0.1, 0.15) is 11.6 Å². The summed E-state index contributed by atoms with van der Waals surface area (Å²) in [7, 11) is 0. The average molecular weight is 349 g/mol. The van der Waals surface area contributed by atoms with Crippen LogP contribution < -0.4 is 4.90 Å². The van der Waals surface area contributed by atoms with Gasteiger partial charge in [-0.2, -0.15) is 0 Å². The van der Waals surface area contributed by atoms with Gasteiger partial charge in [-0.1, -0.05) is 36.4 Å². The Morgan fingerprint density at radius 3 is 2.38 bits per heavy atom. The first-order chi connectivity index (χ1) is 12.8. The minimum atomic E-state index is -0.549. The van der Waals surface area contributed by atoms with Crippen molar-refractivity contribution in [3.05, 3.63) is 66.6 Å². The van der Waals surface area contributed by atoms with E-state index < -0.39 is 6.04 Å². The molecule has 132 valence electrons. The van der Waals surface area contributed by atoms with E-state index in [9.17, 15) is 4.79 Å². The number of piperazine rings is 1. The van der Waals surface area contributed by atoms with E-state index in [4.69, 9.17) is 0 Å². The van der Waals surface area contributed by atoms with E-state index in [0.717, 1.165) is 24.5 Å². The Balaban J connectivity index is 1.51. The van der Waals surface area contributed by atoms with Crippen molar-refractivity contribution in [3.63, 3.8) is 0 Å². The zero-order valence-electron chi connectivity index (χ0n) is 14.2. The highest BCUT2D eigenvalue weighted by molar-refractivity contribution is 5.83. The molecule has 0 bridgehead atoms. The van der Waals surface area contributed by atoms with Crippen molar-refractivity contribution in [1.82, 2.24) is 30.1 Å². The van der Waals surface area contributed by atoms with E-state index in [0.29, 0.717) is 13.1 Å². The molecule has 0 spiro atoms. The van der Waals surface area contributed by atoms with E-state index in [-0.39, 0.29) is 5.91 Å². The largest absolute Gasteiger partial charge is 0.353 e. The van der Waals surface area contributed by atoms with Gasteiger partial charge in [0.25, 0.3) is 5.91 Å². The summed E-state index contributed by atoms with van der Waals surface area (Å²) in [6, 6.07) is 14.9. The first-order valence-corrected chi connectivity index (χ1v) is 8.55. The molecule has 1 amide bonds. The van der Waals surface area contributed by atoms with Crippen LogP contribution in [0.25, 0.3) is 0 Å². The molecule has 1 saturated heterocycles. The lowest BCUT2D eigenvalue weighted by Gasteiger charge is -2.36. The molecule has 0 N–H and O–H groups in total. The Morgan fingerprint density at radius 2 is 1.73 bits per heavy atom. The van der Waals surface area contributed by atoms with Gasteiger partial charge in [0.15, 0.2) is 6.04 Å². The molecule has 3 heterocycles. The maximum absolute atomic E-state index is 13.2. The van der Waals surface area contributed by atoms with Crippen LogP contribution in [-0.2, 0) is 4.79 Å². The lowest BCUT2D eigenvalue weighted by Crippen LogP contribution is -2.51. The lowest BCUT2D eigenvalue weighted by molar-refractivity contribution is -0.134. The second-order valence-electron chi connectivity index (χ2n) is 6.10. The number of hydrogen-bond acceptors (Lipinski definition) is 6. The molecule has 3 aromatic rings. The number of hydrogen-bond donors (Lipinski definition) is 0. The van der Waals surface area contributed by atoms with Crippen molar-refractivity contribution in [2.75, 3.05) is 31.1 Å². The van der Waals surface area contributed by atoms with Crippen LogP contribution in [-0.4, -0.2) is 62.2 Å². The molecular weight excluding hydrogens is 330 g/mol. The fourth-order valence-corrected chi connectivity index (χ4v) is 3.20. The number of carbonyl (C=O) groups excluding carboxylic acids is 1. The van der Waals surface area contributed by atoms with Crippen molar-refractivity contribution >= 4 is 11.7 Å². The lowest BCUT2D eigenvalue weighted by atomic mass is 10.1. The van der Waals surface area contributed by atoms with Gasteiger partial charge in [-0.25, -0.2) is 9.67 Å². The van der Waals surface area contributed by atoms with Crippen molar-refractivity contribution in [1.29, 1.82) is 0 Å². The van der Waals surface area contributed by atoms with Crippen LogP contribution in [0.2, 0.25) is 0 Å². The van der Waals surface area contributed by atoms with Gasteiger partial charge in [-0.05, 0) is 28.1 Å². The fraction of sp³-hybridized carbons (Fsp3) is 0.278. The number of carbonyl (C=O) groups is 1. The molecule has 1 aliphatic heterocycles. The summed E-state index contributed by atoms with van der Waals surface area (Å²) in [6.45, 7) is 2.78. The van der Waals surface area contributed by atoms with Gasteiger partial charge in [0.2, 0.25) is 0 Å². The molecule has 1 fully saturated rings. The molecule has 2 aromatic heterocycles. The van der Waals surface area contributed by atoms with Gasteiger partial charge in [-0.15, -0.1) is 5.10 Å². The van der Waals surface area contributed by atoms with Crippen LogP contribution in [0.15, 0.2) is 61.1 Å². The molecule has 0 aliphatic carbocycles. The van der Waals surface area contributed by atoms with E-state index in [1.165, 1.54) is 11.0 Å². The van der Waals surface area contributed by atoms with Gasteiger partial charge >= 0.3 is 0 Å². The van der Waals surface area contributed by atoms with E-state index >= 15 is 0 Å². The van der Waals surface area contributed by atoms with Crippen molar-refractivity contribution in [2.45, 2.75) is 6.04 Å².